The fourth-order valence-electron chi connectivity index (χ4n) is 4.77. The van der Waals surface area contributed by atoms with Crippen molar-refractivity contribution in [1.82, 2.24) is 15.5 Å². The van der Waals surface area contributed by atoms with Gasteiger partial charge in [0.05, 0.1) is 16.3 Å². The summed E-state index contributed by atoms with van der Waals surface area (Å²) in [6.45, 7) is 5.79. The normalized spacial score (nSPS) is 13.7. The van der Waals surface area contributed by atoms with Crippen molar-refractivity contribution in [3.05, 3.63) is 109 Å². The molecule has 1 fully saturated rings. The van der Waals surface area contributed by atoms with Gasteiger partial charge >= 0.3 is 0 Å². The third-order valence-electron chi connectivity index (χ3n) is 6.99. The molecule has 46 heavy (non-hydrogen) atoms. The molecule has 0 spiro atoms. The summed E-state index contributed by atoms with van der Waals surface area (Å²) in [6, 6.07) is 12.8. The molecule has 2 aromatic carbocycles. The Balaban J connectivity index is 0.000000252. The van der Waals surface area contributed by atoms with Gasteiger partial charge in [-0.25, -0.2) is 0 Å². The minimum absolute atomic E-state index is 0.0178. The van der Waals surface area contributed by atoms with Crippen molar-refractivity contribution in [2.75, 3.05) is 12.4 Å². The summed E-state index contributed by atoms with van der Waals surface area (Å²) in [4.78, 5) is 37.1. The number of thioether (sulfide) groups is 1. The first kappa shape index (κ1) is 36.0. The molecule has 0 bridgehead atoms. The van der Waals surface area contributed by atoms with Crippen LogP contribution in [0, 0.1) is 20.2 Å². The Kier molecular flexibility index (Phi) is 15.0. The number of nitro groups is 2. The molecule has 244 valence electrons. The first-order chi connectivity index (χ1) is 22.2. The van der Waals surface area contributed by atoms with Crippen molar-refractivity contribution in [2.45, 2.75) is 70.6 Å². The number of anilines is 1. The van der Waals surface area contributed by atoms with Gasteiger partial charge in [0.1, 0.15) is 5.01 Å². The molecule has 1 heterocycles. The number of allylic oxidation sites excluding steroid dienone is 2. The second kappa shape index (κ2) is 19.2. The minimum Gasteiger partial charge on any atom is -0.338 e. The number of benzene rings is 2. The topological polar surface area (TPSA) is 166 Å². The molecular weight excluding hydrogens is 627 g/mol. The Morgan fingerprint density at radius 3 is 2.24 bits per heavy atom. The molecule has 1 amide bonds. The fourth-order valence-corrected chi connectivity index (χ4v) is 6.15. The maximum absolute atomic E-state index is 12.1. The van der Waals surface area contributed by atoms with E-state index in [0.29, 0.717) is 23.0 Å². The Labute approximate surface area is 276 Å². The zero-order chi connectivity index (χ0) is 33.3. The molecule has 0 unspecified atom stereocenters. The lowest BCUT2D eigenvalue weighted by Gasteiger charge is -2.18. The van der Waals surface area contributed by atoms with Crippen molar-refractivity contribution in [3.63, 3.8) is 0 Å². The highest BCUT2D eigenvalue weighted by atomic mass is 32.2. The number of hydrogen-bond acceptors (Lipinski definition) is 10. The molecule has 2 N–H and O–H groups in total. The van der Waals surface area contributed by atoms with Crippen LogP contribution in [0.2, 0.25) is 0 Å². The largest absolute Gasteiger partial charge is 0.338 e. The lowest BCUT2D eigenvalue weighted by Crippen LogP contribution is -2.21. The molecule has 1 aromatic heterocycles. The van der Waals surface area contributed by atoms with Gasteiger partial charge < -0.3 is 10.6 Å². The molecule has 1 aliphatic carbocycles. The van der Waals surface area contributed by atoms with Gasteiger partial charge in [0, 0.05) is 49.3 Å². The number of unbranched alkanes of at least 4 members (excludes halogenated alkanes) is 1. The predicted molar refractivity (Wildman–Crippen MR) is 185 cm³/mol. The molecule has 0 aliphatic heterocycles. The van der Waals surface area contributed by atoms with Crippen LogP contribution in [0.15, 0.2) is 77.3 Å². The molecule has 1 aliphatic rings. The SMILES string of the molecule is C=CSC(=NC)NC(=CCCC)Cc1cccc([N+](=O)[O-])c1.O=C(Cc1cccc([N+](=O)[O-])c1)Nc1nnc(C2CCCCC2)s1. The molecule has 1 saturated carbocycles. The molecule has 14 heteroatoms. The summed E-state index contributed by atoms with van der Waals surface area (Å²) in [5.41, 5.74) is 2.56. The summed E-state index contributed by atoms with van der Waals surface area (Å²) in [7, 11) is 1.71. The number of carbonyl (C=O) groups excluding carboxylic acids is 1. The standard InChI is InChI=1S/C16H18N4O3S.C16H21N3O2S/c21-14(10-11-5-4-8-13(9-11)20(22)23)17-16-19-18-15(24-16)12-6-2-1-3-7-12;1-4-6-9-14(18-16(17-3)22-5-2)11-13-8-7-10-15(12-13)19(20)21/h4-5,8-9,12H,1-3,6-7,10H2,(H,17,19,21);5,7-10,12H,2,4,6,11H2,1,3H3,(H,17,18). The van der Waals surface area contributed by atoms with E-state index < -0.39 is 4.92 Å². The Morgan fingerprint density at radius 2 is 1.67 bits per heavy atom. The van der Waals surface area contributed by atoms with E-state index in [1.807, 2.05) is 6.07 Å². The van der Waals surface area contributed by atoms with Crippen LogP contribution in [-0.4, -0.2) is 38.2 Å². The third kappa shape index (κ3) is 12.2. The molecule has 0 radical (unpaired) electrons. The summed E-state index contributed by atoms with van der Waals surface area (Å²) >= 11 is 2.83. The van der Waals surface area contributed by atoms with Crippen LogP contribution in [0.5, 0.6) is 0 Å². The molecule has 4 rings (SSSR count). The lowest BCUT2D eigenvalue weighted by atomic mass is 9.90. The smallest absolute Gasteiger partial charge is 0.269 e. The van der Waals surface area contributed by atoms with Crippen LogP contribution in [0.3, 0.4) is 0 Å². The number of rotatable bonds is 12. The van der Waals surface area contributed by atoms with Crippen LogP contribution in [0.4, 0.5) is 16.5 Å². The first-order valence-corrected chi connectivity index (χ1v) is 16.7. The van der Waals surface area contributed by atoms with E-state index in [0.717, 1.165) is 47.1 Å². The van der Waals surface area contributed by atoms with Crippen LogP contribution >= 0.6 is 23.1 Å². The summed E-state index contributed by atoms with van der Waals surface area (Å²) in [5.74, 6) is 0.209. The van der Waals surface area contributed by atoms with E-state index >= 15 is 0 Å². The van der Waals surface area contributed by atoms with E-state index in [1.54, 1.807) is 36.7 Å². The second-order valence-electron chi connectivity index (χ2n) is 10.5. The Hall–Kier alpha value is -4.43. The molecule has 3 aromatic rings. The van der Waals surface area contributed by atoms with Crippen LogP contribution < -0.4 is 10.6 Å². The number of nitro benzene ring substituents is 2. The van der Waals surface area contributed by atoms with Gasteiger partial charge in [0.25, 0.3) is 11.4 Å². The molecular formula is C32H39N7O5S2. The summed E-state index contributed by atoms with van der Waals surface area (Å²) in [5, 5.41) is 39.8. The van der Waals surface area contributed by atoms with Crippen molar-refractivity contribution in [3.8, 4) is 0 Å². The van der Waals surface area contributed by atoms with Gasteiger partial charge in [-0.1, -0.05) is 92.6 Å². The maximum atomic E-state index is 12.1. The minimum atomic E-state index is -0.470. The van der Waals surface area contributed by atoms with E-state index in [9.17, 15) is 25.0 Å². The number of carbonyl (C=O) groups is 1. The van der Waals surface area contributed by atoms with Gasteiger partial charge in [-0.05, 0) is 35.8 Å². The molecule has 0 saturated heterocycles. The number of amides is 1. The number of aliphatic imine (C=N–C) groups is 1. The lowest BCUT2D eigenvalue weighted by molar-refractivity contribution is -0.385. The summed E-state index contributed by atoms with van der Waals surface area (Å²) in [6.07, 6.45) is 10.7. The highest BCUT2D eigenvalue weighted by Crippen LogP contribution is 2.35. The average Bonchev–Trinajstić information content (AvgIpc) is 3.52. The van der Waals surface area contributed by atoms with Crippen LogP contribution in [0.25, 0.3) is 0 Å². The van der Waals surface area contributed by atoms with E-state index in [4.69, 9.17) is 0 Å². The number of hydrogen-bond donors (Lipinski definition) is 2. The number of non-ortho nitro benzene ring substituents is 2. The molecule has 12 nitrogen and oxygen atoms in total. The molecule has 0 atom stereocenters. The van der Waals surface area contributed by atoms with Gasteiger partial charge in [-0.15, -0.1) is 10.2 Å². The van der Waals surface area contributed by atoms with Gasteiger partial charge in [0.2, 0.25) is 11.0 Å². The monoisotopic (exact) mass is 665 g/mol. The van der Waals surface area contributed by atoms with Crippen LogP contribution in [0.1, 0.15) is 73.9 Å². The predicted octanol–water partition coefficient (Wildman–Crippen LogP) is 7.95. The average molecular weight is 666 g/mol. The number of nitrogens with one attached hydrogen (secondary N) is 2. The zero-order valence-corrected chi connectivity index (χ0v) is 27.6. The van der Waals surface area contributed by atoms with Gasteiger partial charge in [-0.3, -0.25) is 30.0 Å². The van der Waals surface area contributed by atoms with Crippen LogP contribution in [-0.2, 0) is 17.6 Å². The number of nitrogens with zero attached hydrogens (tertiary/aromatic N) is 5. The first-order valence-electron chi connectivity index (χ1n) is 15.0. The number of amidine groups is 1. The second-order valence-corrected chi connectivity index (χ2v) is 12.5. The van der Waals surface area contributed by atoms with Crippen molar-refractivity contribution >= 4 is 50.7 Å². The maximum Gasteiger partial charge on any atom is 0.269 e. The fraction of sp³-hybridized carbons (Fsp3) is 0.375. The van der Waals surface area contributed by atoms with Crippen molar-refractivity contribution in [1.29, 1.82) is 0 Å². The van der Waals surface area contributed by atoms with E-state index in [2.05, 4.69) is 45.4 Å². The highest BCUT2D eigenvalue weighted by Gasteiger charge is 2.20. The summed E-state index contributed by atoms with van der Waals surface area (Å²) < 4.78 is 0. The Morgan fingerprint density at radius 1 is 1.04 bits per heavy atom. The zero-order valence-electron chi connectivity index (χ0n) is 26.0. The van der Waals surface area contributed by atoms with Crippen molar-refractivity contribution < 1.29 is 14.6 Å². The quantitative estimate of drug-likeness (QED) is 0.0845. The number of aromatic nitrogens is 2. The van der Waals surface area contributed by atoms with Crippen molar-refractivity contribution in [2.24, 2.45) is 4.99 Å². The highest BCUT2D eigenvalue weighted by molar-refractivity contribution is 8.16. The van der Waals surface area contributed by atoms with E-state index in [-0.39, 0.29) is 28.6 Å². The van der Waals surface area contributed by atoms with E-state index in [1.165, 1.54) is 60.6 Å². The van der Waals surface area contributed by atoms with Gasteiger partial charge in [0.15, 0.2) is 5.17 Å². The van der Waals surface area contributed by atoms with Gasteiger partial charge in [-0.2, -0.15) is 0 Å². The third-order valence-corrected chi connectivity index (χ3v) is 8.66. The Bertz CT molecular complexity index is 1550.